The lowest BCUT2D eigenvalue weighted by molar-refractivity contribution is 0.416. The van der Waals surface area contributed by atoms with Crippen LogP contribution in [0.1, 0.15) is 8.22 Å². The minimum Gasteiger partial charge on any atom is -0.273 e. The third kappa shape index (κ3) is 2.55. The second-order valence-electron chi connectivity index (χ2n) is 0.742. The molecule has 0 aromatic heterocycles. The molecule has 0 aliphatic carbocycles. The van der Waals surface area contributed by atoms with Crippen LogP contribution >= 0.6 is 0 Å². The average molecular weight is 131 g/mol. The van der Waals surface area contributed by atoms with Crippen molar-refractivity contribution in [2.45, 2.75) is 0 Å². The van der Waals surface area contributed by atoms with Crippen molar-refractivity contribution in [3.63, 3.8) is 0 Å². The van der Waals surface area contributed by atoms with Crippen LogP contribution in [0.3, 0.4) is 0 Å². The molecule has 0 spiro atoms. The number of rotatable bonds is 1. The predicted molar refractivity (Wildman–Crippen MR) is 25.2 cm³/mol. The van der Waals surface area contributed by atoms with E-state index in [4.69, 9.17) is 12.8 Å². The maximum atomic E-state index is 10.4. The average Bonchev–Trinajstić information content (AvgIpc) is 1.44. The standard InChI is InChI=1S/C2H7NO3S/c1-3(2)7(4,5)6/h1-2H3,(H,4,5,6)/i1D3,2D3. The molecule has 4 nitrogen and oxygen atoms in total. The zero-order valence-corrected chi connectivity index (χ0v) is 3.94. The zero-order chi connectivity index (χ0) is 11.1. The van der Waals surface area contributed by atoms with Crippen LogP contribution in [-0.4, -0.2) is 31.2 Å². The Labute approximate surface area is 51.1 Å². The van der Waals surface area contributed by atoms with Crippen molar-refractivity contribution in [2.24, 2.45) is 0 Å². The maximum absolute atomic E-state index is 10.4. The first-order chi connectivity index (χ1) is 5.37. The Morgan fingerprint density at radius 3 is 2.14 bits per heavy atom. The summed E-state index contributed by atoms with van der Waals surface area (Å²) in [5, 5.41) is 0. The molecule has 0 saturated carbocycles. The predicted octanol–water partition coefficient (Wildman–Crippen LogP) is -0.649. The van der Waals surface area contributed by atoms with Crippen LogP contribution in [0, 0.1) is 0 Å². The Hall–Kier alpha value is -0.130. The van der Waals surface area contributed by atoms with E-state index in [0.29, 0.717) is 0 Å². The minimum atomic E-state index is -5.27. The van der Waals surface area contributed by atoms with Crippen molar-refractivity contribution in [3.05, 3.63) is 0 Å². The lowest BCUT2D eigenvalue weighted by Gasteiger charge is -2.00. The Kier molecular flexibility index (Phi) is 0.425. The van der Waals surface area contributed by atoms with E-state index >= 15 is 0 Å². The van der Waals surface area contributed by atoms with Gasteiger partial charge in [0.05, 0.1) is 0 Å². The fraction of sp³-hybridized carbons (Fsp3) is 1.00. The Bertz CT molecular complexity index is 261. The third-order valence-electron chi connectivity index (χ3n) is 0.231. The fourth-order valence-corrected chi connectivity index (χ4v) is 0. The van der Waals surface area contributed by atoms with Crippen LogP contribution in [0.15, 0.2) is 0 Å². The lowest BCUT2D eigenvalue weighted by Crippen LogP contribution is -2.20. The fourth-order valence-electron chi connectivity index (χ4n) is 0. The zero-order valence-electron chi connectivity index (χ0n) is 9.12. The summed E-state index contributed by atoms with van der Waals surface area (Å²) in [4.78, 5) is 0. The van der Waals surface area contributed by atoms with Gasteiger partial charge in [0.2, 0.25) is 0 Å². The Morgan fingerprint density at radius 1 is 1.71 bits per heavy atom. The van der Waals surface area contributed by atoms with Gasteiger partial charge < -0.3 is 0 Å². The van der Waals surface area contributed by atoms with Gasteiger partial charge in [0, 0.05) is 22.2 Å². The summed E-state index contributed by atoms with van der Waals surface area (Å²) in [6.45, 7) is -6.86. The quantitative estimate of drug-likeness (QED) is 0.481. The van der Waals surface area contributed by atoms with Crippen LogP contribution in [0.4, 0.5) is 0 Å². The monoisotopic (exact) mass is 131 g/mol. The summed E-state index contributed by atoms with van der Waals surface area (Å²) >= 11 is 0. The van der Waals surface area contributed by atoms with E-state index in [9.17, 15) is 8.42 Å². The summed E-state index contributed by atoms with van der Waals surface area (Å²) in [5.41, 5.74) is 0. The SMILES string of the molecule is [2H]C([2H])([2H])N(C([2H])([2H])[2H])S(=O)(=O)O. The van der Waals surface area contributed by atoms with E-state index in [1.165, 1.54) is 0 Å². The second-order valence-corrected chi connectivity index (χ2v) is 2.00. The molecule has 0 fully saturated rings. The van der Waals surface area contributed by atoms with E-state index in [1.54, 1.807) is 0 Å². The molecule has 0 aliphatic heterocycles. The summed E-state index contributed by atoms with van der Waals surface area (Å²) < 4.78 is 67.6. The van der Waals surface area contributed by atoms with Crippen molar-refractivity contribution in [3.8, 4) is 0 Å². The van der Waals surface area contributed by atoms with Gasteiger partial charge in [-0.05, 0) is 0 Å². The highest BCUT2D eigenvalue weighted by atomic mass is 32.2. The molecule has 0 aromatic rings. The molecule has 0 saturated heterocycles. The summed E-state index contributed by atoms with van der Waals surface area (Å²) in [7, 11) is -5.27. The molecule has 5 heteroatoms. The largest absolute Gasteiger partial charge is 0.335 e. The van der Waals surface area contributed by atoms with Crippen molar-refractivity contribution in [1.29, 1.82) is 0 Å². The van der Waals surface area contributed by atoms with Gasteiger partial charge >= 0.3 is 10.3 Å². The van der Waals surface area contributed by atoms with Gasteiger partial charge in [-0.1, -0.05) is 0 Å². The van der Waals surface area contributed by atoms with Crippen molar-refractivity contribution in [2.75, 3.05) is 14.0 Å². The molecule has 0 amide bonds. The van der Waals surface area contributed by atoms with E-state index in [2.05, 4.69) is 0 Å². The molecular weight excluding hydrogens is 118 g/mol. The molecule has 0 bridgehead atoms. The highest BCUT2D eigenvalue weighted by molar-refractivity contribution is 7.83. The van der Waals surface area contributed by atoms with Gasteiger partial charge in [0.15, 0.2) is 0 Å². The molecule has 44 valence electrons. The van der Waals surface area contributed by atoms with Gasteiger partial charge in [-0.25, -0.2) is 0 Å². The van der Waals surface area contributed by atoms with Crippen LogP contribution < -0.4 is 0 Å². The van der Waals surface area contributed by atoms with E-state index < -0.39 is 28.6 Å². The topological polar surface area (TPSA) is 57.6 Å². The van der Waals surface area contributed by atoms with Gasteiger partial charge in [0.25, 0.3) is 0 Å². The van der Waals surface area contributed by atoms with E-state index in [-0.39, 0.29) is 0 Å². The molecular formula is C2H7NO3S. The smallest absolute Gasteiger partial charge is 0.273 e. The Balaban J connectivity index is 5.28. The molecule has 0 radical (unpaired) electrons. The molecule has 0 unspecified atom stereocenters. The summed E-state index contributed by atoms with van der Waals surface area (Å²) in [6.07, 6.45) is 0. The molecule has 0 aromatic carbocycles. The molecule has 0 atom stereocenters. The highest BCUT2D eigenvalue weighted by Gasteiger charge is 2.03. The minimum absolute atomic E-state index is 0.910. The first-order valence-electron chi connectivity index (χ1n) is 4.15. The van der Waals surface area contributed by atoms with Crippen molar-refractivity contribution in [1.82, 2.24) is 4.31 Å². The Morgan fingerprint density at radius 2 is 2.14 bits per heavy atom. The number of hydrogen-bond donors (Lipinski definition) is 1. The second kappa shape index (κ2) is 1.77. The van der Waals surface area contributed by atoms with Gasteiger partial charge in [-0.15, -0.1) is 0 Å². The van der Waals surface area contributed by atoms with Crippen LogP contribution in [0.2, 0.25) is 0 Å². The lowest BCUT2D eigenvalue weighted by atomic mass is 11.3. The van der Waals surface area contributed by atoms with E-state index in [1.807, 2.05) is 0 Å². The molecule has 0 rings (SSSR count). The summed E-state index contributed by atoms with van der Waals surface area (Å²) in [5.74, 6) is 0. The summed E-state index contributed by atoms with van der Waals surface area (Å²) in [6, 6.07) is 0. The molecule has 1 N–H and O–H groups in total. The molecule has 0 heterocycles. The normalized spacial score (nSPS) is 28.9. The number of hydrogen-bond acceptors (Lipinski definition) is 2. The van der Waals surface area contributed by atoms with Gasteiger partial charge in [0.1, 0.15) is 0 Å². The molecule has 7 heavy (non-hydrogen) atoms. The number of nitrogens with zero attached hydrogens (tertiary/aromatic N) is 1. The highest BCUT2D eigenvalue weighted by Crippen LogP contribution is 1.82. The van der Waals surface area contributed by atoms with Crippen molar-refractivity contribution >= 4 is 10.3 Å². The first-order valence-corrected chi connectivity index (χ1v) is 2.54. The maximum Gasteiger partial charge on any atom is 0.335 e. The van der Waals surface area contributed by atoms with Gasteiger partial charge in [-0.3, -0.25) is 4.55 Å². The first kappa shape index (κ1) is 1.68. The van der Waals surface area contributed by atoms with Crippen molar-refractivity contribution < 1.29 is 21.2 Å². The van der Waals surface area contributed by atoms with E-state index in [0.717, 1.165) is 0 Å². The van der Waals surface area contributed by atoms with Crippen LogP contribution in [0.5, 0.6) is 0 Å². The van der Waals surface area contributed by atoms with Gasteiger partial charge in [-0.2, -0.15) is 12.7 Å². The van der Waals surface area contributed by atoms with Crippen LogP contribution in [0.25, 0.3) is 0 Å². The molecule has 0 aliphatic rings. The third-order valence-corrected chi connectivity index (χ3v) is 0.692. The van der Waals surface area contributed by atoms with Crippen LogP contribution in [-0.2, 0) is 10.3 Å².